The van der Waals surface area contributed by atoms with Gasteiger partial charge in [-0.3, -0.25) is 4.79 Å². The molecule has 0 amide bonds. The molecule has 2 aliphatic rings. The van der Waals surface area contributed by atoms with Gasteiger partial charge in [0.05, 0.1) is 0 Å². The van der Waals surface area contributed by atoms with Gasteiger partial charge in [-0.15, -0.1) is 0 Å². The average molecular weight is 223 g/mol. The molecule has 1 heterocycles. The van der Waals surface area contributed by atoms with E-state index in [9.17, 15) is 9.90 Å². The summed E-state index contributed by atoms with van der Waals surface area (Å²) in [7, 11) is 0. The third-order valence-corrected chi connectivity index (χ3v) is 2.67. The number of carbonyl (C=O) groups is 1. The molecule has 4 nitrogen and oxygen atoms in total. The van der Waals surface area contributed by atoms with E-state index in [1.165, 1.54) is 0 Å². The van der Waals surface area contributed by atoms with Crippen molar-refractivity contribution in [1.82, 2.24) is 0 Å². The number of Topliss-reactive ketones (excluding diaryl/α,β-unsaturated/α-hetero) is 1. The van der Waals surface area contributed by atoms with Crippen molar-refractivity contribution in [1.29, 1.82) is 0 Å². The Balaban J connectivity index is 2.29. The Morgan fingerprint density at radius 3 is 2.87 bits per heavy atom. The summed E-state index contributed by atoms with van der Waals surface area (Å²) in [4.78, 5) is 12.2. The molecule has 1 aliphatic heterocycles. The van der Waals surface area contributed by atoms with Gasteiger partial charge in [-0.2, -0.15) is 0 Å². The molecule has 0 aromatic carbocycles. The Kier molecular flexibility index (Phi) is 2.32. The minimum absolute atomic E-state index is 0.233. The van der Waals surface area contributed by atoms with Crippen LogP contribution >= 0.6 is 12.2 Å². The number of hydrogen-bond donors (Lipinski definition) is 2. The van der Waals surface area contributed by atoms with Crippen LogP contribution in [0.4, 0.5) is 0 Å². The minimum Gasteiger partial charge on any atom is -0.501 e. The largest absolute Gasteiger partial charge is 0.501 e. The van der Waals surface area contributed by atoms with Crippen LogP contribution in [0, 0.1) is 0 Å². The van der Waals surface area contributed by atoms with Crippen molar-refractivity contribution in [2.45, 2.75) is 12.5 Å². The van der Waals surface area contributed by atoms with E-state index < -0.39 is 17.6 Å². The van der Waals surface area contributed by atoms with Gasteiger partial charge in [0, 0.05) is 16.9 Å². The molecule has 0 spiro atoms. The van der Waals surface area contributed by atoms with Crippen LogP contribution in [0.3, 0.4) is 0 Å². The van der Waals surface area contributed by atoms with Gasteiger partial charge in [0.15, 0.2) is 6.10 Å². The summed E-state index contributed by atoms with van der Waals surface area (Å²) in [6.07, 6.45) is 5.13. The van der Waals surface area contributed by atoms with Crippen LogP contribution in [0.1, 0.15) is 6.42 Å². The SMILES string of the molecule is NC1=C(O)C(=O)C(C2=CC=CCC2=S)O1. The van der Waals surface area contributed by atoms with E-state index in [0.29, 0.717) is 16.9 Å². The lowest BCUT2D eigenvalue weighted by atomic mass is 9.97. The first-order chi connectivity index (χ1) is 7.11. The zero-order valence-corrected chi connectivity index (χ0v) is 8.58. The molecule has 1 atom stereocenters. The lowest BCUT2D eigenvalue weighted by molar-refractivity contribution is -0.121. The smallest absolute Gasteiger partial charge is 0.247 e. The van der Waals surface area contributed by atoms with Crippen LogP contribution in [0.5, 0.6) is 0 Å². The van der Waals surface area contributed by atoms with E-state index in [1.807, 2.05) is 6.08 Å². The molecule has 0 radical (unpaired) electrons. The van der Waals surface area contributed by atoms with Crippen LogP contribution in [-0.2, 0) is 9.53 Å². The van der Waals surface area contributed by atoms with Gasteiger partial charge in [-0.05, 0) is 0 Å². The molecule has 1 unspecified atom stereocenters. The summed E-state index contributed by atoms with van der Waals surface area (Å²) in [5.74, 6) is -1.28. The highest BCUT2D eigenvalue weighted by Gasteiger charge is 2.37. The summed E-state index contributed by atoms with van der Waals surface area (Å²) in [5.41, 5.74) is 5.91. The van der Waals surface area contributed by atoms with Crippen LogP contribution in [0.2, 0.25) is 0 Å². The van der Waals surface area contributed by atoms with Gasteiger partial charge >= 0.3 is 0 Å². The molecule has 0 saturated heterocycles. The second-order valence-corrected chi connectivity index (χ2v) is 3.75. The summed E-state index contributed by atoms with van der Waals surface area (Å²) in [5, 5.41) is 9.25. The molecule has 78 valence electrons. The Morgan fingerprint density at radius 2 is 2.33 bits per heavy atom. The third kappa shape index (κ3) is 1.55. The van der Waals surface area contributed by atoms with Crippen molar-refractivity contribution in [2.24, 2.45) is 5.73 Å². The molecular formula is C10H9NO3S. The quantitative estimate of drug-likeness (QED) is 0.646. The second kappa shape index (κ2) is 3.51. The molecule has 0 aromatic heterocycles. The molecular weight excluding hydrogens is 214 g/mol. The first kappa shape index (κ1) is 9.92. The van der Waals surface area contributed by atoms with E-state index in [2.05, 4.69) is 0 Å². The molecule has 3 N–H and O–H groups in total. The topological polar surface area (TPSA) is 72.5 Å². The lowest BCUT2D eigenvalue weighted by Gasteiger charge is -2.16. The fourth-order valence-corrected chi connectivity index (χ4v) is 1.75. The molecule has 2 rings (SSSR count). The van der Waals surface area contributed by atoms with E-state index >= 15 is 0 Å². The van der Waals surface area contributed by atoms with Crippen molar-refractivity contribution in [3.8, 4) is 0 Å². The van der Waals surface area contributed by atoms with E-state index in [-0.39, 0.29) is 5.88 Å². The predicted molar refractivity (Wildman–Crippen MR) is 58.2 cm³/mol. The van der Waals surface area contributed by atoms with Crippen LogP contribution in [-0.4, -0.2) is 21.9 Å². The number of nitrogens with two attached hydrogens (primary N) is 1. The Hall–Kier alpha value is -1.62. The highest BCUT2D eigenvalue weighted by molar-refractivity contribution is 7.80. The molecule has 5 heteroatoms. The first-order valence-electron chi connectivity index (χ1n) is 4.40. The average Bonchev–Trinajstić information content (AvgIpc) is 2.47. The fraction of sp³-hybridized carbons (Fsp3) is 0.200. The monoisotopic (exact) mass is 223 g/mol. The zero-order chi connectivity index (χ0) is 11.0. The lowest BCUT2D eigenvalue weighted by Crippen LogP contribution is -2.26. The summed E-state index contributed by atoms with van der Waals surface area (Å²) in [6, 6.07) is 0. The number of hydrogen-bond acceptors (Lipinski definition) is 5. The minimum atomic E-state index is -0.873. The fourth-order valence-electron chi connectivity index (χ4n) is 1.48. The zero-order valence-electron chi connectivity index (χ0n) is 7.77. The van der Waals surface area contributed by atoms with Crippen molar-refractivity contribution >= 4 is 22.9 Å². The van der Waals surface area contributed by atoms with Gasteiger partial charge in [0.25, 0.3) is 0 Å². The maximum atomic E-state index is 11.5. The summed E-state index contributed by atoms with van der Waals surface area (Å²) >= 11 is 5.10. The number of ketones is 1. The number of aliphatic hydroxyl groups is 1. The van der Waals surface area contributed by atoms with Crippen molar-refractivity contribution in [3.63, 3.8) is 0 Å². The van der Waals surface area contributed by atoms with Crippen molar-refractivity contribution in [2.75, 3.05) is 0 Å². The Bertz CT molecular complexity index is 434. The number of carbonyl (C=O) groups excluding carboxylic acids is 1. The first-order valence-corrected chi connectivity index (χ1v) is 4.81. The highest BCUT2D eigenvalue weighted by atomic mass is 32.1. The van der Waals surface area contributed by atoms with Crippen LogP contribution in [0.25, 0.3) is 0 Å². The molecule has 0 saturated carbocycles. The number of aliphatic hydroxyl groups excluding tert-OH is 1. The maximum Gasteiger partial charge on any atom is 0.247 e. The number of ether oxygens (including phenoxy) is 1. The van der Waals surface area contributed by atoms with Crippen LogP contribution < -0.4 is 5.73 Å². The number of rotatable bonds is 1. The van der Waals surface area contributed by atoms with Gasteiger partial charge in [0.1, 0.15) is 0 Å². The standard InChI is InChI=1S/C10H9NO3S/c11-10-8(13)7(12)9(14-10)5-3-1-2-4-6(5)15/h1-3,9,13H,4,11H2. The normalized spacial score (nSPS) is 25.6. The van der Waals surface area contributed by atoms with E-state index in [4.69, 9.17) is 22.7 Å². The maximum absolute atomic E-state index is 11.5. The Morgan fingerprint density at radius 1 is 1.60 bits per heavy atom. The van der Waals surface area contributed by atoms with Gasteiger partial charge in [-0.25, -0.2) is 0 Å². The van der Waals surface area contributed by atoms with Crippen LogP contribution in [0.15, 0.2) is 35.4 Å². The predicted octanol–water partition coefficient (Wildman–Crippen LogP) is 0.896. The summed E-state index contributed by atoms with van der Waals surface area (Å²) in [6.45, 7) is 0. The van der Waals surface area contributed by atoms with Gasteiger partial charge in [-0.1, -0.05) is 30.4 Å². The highest BCUT2D eigenvalue weighted by Crippen LogP contribution is 2.25. The number of thiocarbonyl (C=S) groups is 1. The molecule has 0 aromatic rings. The van der Waals surface area contributed by atoms with E-state index in [1.54, 1.807) is 12.2 Å². The van der Waals surface area contributed by atoms with E-state index in [0.717, 1.165) is 0 Å². The van der Waals surface area contributed by atoms with Gasteiger partial charge in [0.2, 0.25) is 17.4 Å². The van der Waals surface area contributed by atoms with Gasteiger partial charge < -0.3 is 15.6 Å². The molecule has 15 heavy (non-hydrogen) atoms. The van der Waals surface area contributed by atoms with Crippen molar-refractivity contribution < 1.29 is 14.6 Å². The summed E-state index contributed by atoms with van der Waals surface area (Å²) < 4.78 is 5.06. The third-order valence-electron chi connectivity index (χ3n) is 2.27. The second-order valence-electron chi connectivity index (χ2n) is 3.25. The molecule has 1 aliphatic carbocycles. The number of allylic oxidation sites excluding steroid dienone is 3. The molecule has 0 bridgehead atoms. The Labute approximate surface area is 91.7 Å². The van der Waals surface area contributed by atoms with Crippen molar-refractivity contribution in [3.05, 3.63) is 35.4 Å². The molecule has 0 fully saturated rings.